The van der Waals surface area contributed by atoms with Crippen LogP contribution in [0, 0.1) is 0 Å². The van der Waals surface area contributed by atoms with E-state index in [4.69, 9.17) is 4.74 Å². The maximum atomic E-state index is 12.8. The lowest BCUT2D eigenvalue weighted by molar-refractivity contribution is -0.126. The van der Waals surface area contributed by atoms with Gasteiger partial charge < -0.3 is 15.0 Å². The Morgan fingerprint density at radius 2 is 2.04 bits per heavy atom. The van der Waals surface area contributed by atoms with E-state index >= 15 is 0 Å². The van der Waals surface area contributed by atoms with Gasteiger partial charge in [0, 0.05) is 18.7 Å². The number of carbonyl (C=O) groups excluding carboxylic acids is 2. The average molecular weight is 330 g/mol. The topological polar surface area (TPSA) is 58.6 Å². The summed E-state index contributed by atoms with van der Waals surface area (Å²) >= 11 is 0. The van der Waals surface area contributed by atoms with Gasteiger partial charge in [0.25, 0.3) is 5.91 Å². The predicted octanol–water partition coefficient (Wildman–Crippen LogP) is 2.37. The second-order valence-electron chi connectivity index (χ2n) is 6.60. The monoisotopic (exact) mass is 330 g/mol. The molecule has 0 aromatic heterocycles. The Balaban J connectivity index is 1.66. The fourth-order valence-electron chi connectivity index (χ4n) is 3.69. The van der Waals surface area contributed by atoms with Gasteiger partial charge in [0.05, 0.1) is 12.1 Å². The van der Waals surface area contributed by atoms with Crippen molar-refractivity contribution in [1.29, 1.82) is 0 Å². The zero-order valence-corrected chi connectivity index (χ0v) is 14.2. The summed E-state index contributed by atoms with van der Waals surface area (Å²) in [5, 5.41) is 3.13. The molecule has 2 fully saturated rings. The van der Waals surface area contributed by atoms with E-state index in [0.717, 1.165) is 38.7 Å². The number of ether oxygens (including phenoxy) is 1. The number of nitrogens with zero attached hydrogens (tertiary/aromatic N) is 1. The molecule has 24 heavy (non-hydrogen) atoms. The van der Waals surface area contributed by atoms with Crippen LogP contribution >= 0.6 is 0 Å². The largest absolute Gasteiger partial charge is 0.376 e. The molecule has 2 saturated heterocycles. The first-order chi connectivity index (χ1) is 11.7. The van der Waals surface area contributed by atoms with Gasteiger partial charge in [0.1, 0.15) is 6.04 Å². The molecular formula is C19H26N2O3. The molecule has 130 valence electrons. The molecule has 5 heteroatoms. The Bertz CT molecular complexity index is 569. The van der Waals surface area contributed by atoms with Gasteiger partial charge in [-0.25, -0.2) is 0 Å². The van der Waals surface area contributed by atoms with E-state index in [0.29, 0.717) is 12.1 Å². The van der Waals surface area contributed by atoms with Gasteiger partial charge in [0.2, 0.25) is 5.91 Å². The molecule has 0 saturated carbocycles. The van der Waals surface area contributed by atoms with Crippen molar-refractivity contribution >= 4 is 11.8 Å². The van der Waals surface area contributed by atoms with Gasteiger partial charge >= 0.3 is 0 Å². The molecule has 0 radical (unpaired) electrons. The number of hydrogen-bond donors (Lipinski definition) is 1. The molecule has 0 bridgehead atoms. The normalized spacial score (nSPS) is 24.8. The van der Waals surface area contributed by atoms with Crippen molar-refractivity contribution in [3.8, 4) is 0 Å². The number of amides is 2. The number of likely N-dealkylation sites (tertiary alicyclic amines) is 1. The fourth-order valence-corrected chi connectivity index (χ4v) is 3.69. The van der Waals surface area contributed by atoms with Crippen LogP contribution in [0.15, 0.2) is 30.3 Å². The van der Waals surface area contributed by atoms with Crippen molar-refractivity contribution in [1.82, 2.24) is 10.2 Å². The summed E-state index contributed by atoms with van der Waals surface area (Å²) in [6.45, 7) is 3.48. The summed E-state index contributed by atoms with van der Waals surface area (Å²) < 4.78 is 5.72. The first-order valence-corrected chi connectivity index (χ1v) is 8.98. The molecule has 1 N–H and O–H groups in total. The highest BCUT2D eigenvalue weighted by Crippen LogP contribution is 2.22. The van der Waals surface area contributed by atoms with Crippen LogP contribution in [0.4, 0.5) is 0 Å². The maximum Gasteiger partial charge on any atom is 0.254 e. The van der Waals surface area contributed by atoms with Crippen LogP contribution in [0.25, 0.3) is 0 Å². The lowest BCUT2D eigenvalue weighted by atomic mass is 10.0. The van der Waals surface area contributed by atoms with E-state index in [9.17, 15) is 9.59 Å². The smallest absolute Gasteiger partial charge is 0.254 e. The number of hydrogen-bond acceptors (Lipinski definition) is 3. The van der Waals surface area contributed by atoms with E-state index in [1.54, 1.807) is 17.0 Å². The second kappa shape index (κ2) is 7.79. The summed E-state index contributed by atoms with van der Waals surface area (Å²) in [6.07, 6.45) is 4.60. The lowest BCUT2D eigenvalue weighted by Gasteiger charge is -2.28. The van der Waals surface area contributed by atoms with Gasteiger partial charge in [-0.15, -0.1) is 0 Å². The Labute approximate surface area is 143 Å². The molecule has 2 aliphatic rings. The lowest BCUT2D eigenvalue weighted by Crippen LogP contribution is -2.51. The summed E-state index contributed by atoms with van der Waals surface area (Å²) in [4.78, 5) is 27.2. The third-order valence-electron chi connectivity index (χ3n) is 5.02. The molecule has 2 heterocycles. The van der Waals surface area contributed by atoms with Crippen molar-refractivity contribution in [3.05, 3.63) is 35.9 Å². The summed E-state index contributed by atoms with van der Waals surface area (Å²) in [7, 11) is 0. The first-order valence-electron chi connectivity index (χ1n) is 8.98. The molecule has 3 rings (SSSR count). The predicted molar refractivity (Wildman–Crippen MR) is 91.7 cm³/mol. The van der Waals surface area contributed by atoms with E-state index in [1.165, 1.54) is 0 Å². The molecular weight excluding hydrogens is 304 g/mol. The number of rotatable bonds is 5. The SMILES string of the molecule is CCC(NC(=O)C1CCCN1C(=O)c1ccccc1)C1CCCO1. The third kappa shape index (κ3) is 3.61. The van der Waals surface area contributed by atoms with E-state index in [1.807, 2.05) is 18.2 Å². The summed E-state index contributed by atoms with van der Waals surface area (Å²) in [6, 6.07) is 8.86. The van der Waals surface area contributed by atoms with Gasteiger partial charge in [0.15, 0.2) is 0 Å². The van der Waals surface area contributed by atoms with Crippen LogP contribution in [-0.4, -0.2) is 48.1 Å². The molecule has 1 aromatic rings. The minimum atomic E-state index is -0.367. The van der Waals surface area contributed by atoms with Crippen molar-refractivity contribution in [2.45, 2.75) is 57.2 Å². The Hall–Kier alpha value is -1.88. The first kappa shape index (κ1) is 17.0. The zero-order chi connectivity index (χ0) is 16.9. The summed E-state index contributed by atoms with van der Waals surface area (Å²) in [5.41, 5.74) is 0.642. The van der Waals surface area contributed by atoms with Crippen LogP contribution in [0.5, 0.6) is 0 Å². The highest BCUT2D eigenvalue weighted by molar-refractivity contribution is 5.98. The molecule has 1 aromatic carbocycles. The highest BCUT2D eigenvalue weighted by Gasteiger charge is 2.36. The van der Waals surface area contributed by atoms with E-state index < -0.39 is 0 Å². The number of benzene rings is 1. The Morgan fingerprint density at radius 1 is 1.25 bits per heavy atom. The van der Waals surface area contributed by atoms with Crippen molar-refractivity contribution in [2.75, 3.05) is 13.2 Å². The minimum Gasteiger partial charge on any atom is -0.376 e. The third-order valence-corrected chi connectivity index (χ3v) is 5.02. The fraction of sp³-hybridized carbons (Fsp3) is 0.579. The molecule has 3 unspecified atom stereocenters. The molecule has 2 amide bonds. The Morgan fingerprint density at radius 3 is 2.71 bits per heavy atom. The number of nitrogens with one attached hydrogen (secondary N) is 1. The van der Waals surface area contributed by atoms with E-state index in [-0.39, 0.29) is 30.0 Å². The zero-order valence-electron chi connectivity index (χ0n) is 14.2. The Kier molecular flexibility index (Phi) is 5.51. The van der Waals surface area contributed by atoms with Crippen molar-refractivity contribution in [3.63, 3.8) is 0 Å². The molecule has 0 aliphatic carbocycles. The van der Waals surface area contributed by atoms with Crippen molar-refractivity contribution < 1.29 is 14.3 Å². The maximum absolute atomic E-state index is 12.8. The quantitative estimate of drug-likeness (QED) is 0.902. The molecule has 2 aliphatic heterocycles. The average Bonchev–Trinajstić information content (AvgIpc) is 3.31. The van der Waals surface area contributed by atoms with Crippen LogP contribution in [-0.2, 0) is 9.53 Å². The highest BCUT2D eigenvalue weighted by atomic mass is 16.5. The van der Waals surface area contributed by atoms with Crippen molar-refractivity contribution in [2.24, 2.45) is 0 Å². The number of carbonyl (C=O) groups is 2. The molecule has 5 nitrogen and oxygen atoms in total. The van der Waals surface area contributed by atoms with Gasteiger partial charge in [-0.05, 0) is 44.2 Å². The second-order valence-corrected chi connectivity index (χ2v) is 6.60. The van der Waals surface area contributed by atoms with E-state index in [2.05, 4.69) is 12.2 Å². The van der Waals surface area contributed by atoms with Crippen LogP contribution < -0.4 is 5.32 Å². The molecule has 0 spiro atoms. The van der Waals surface area contributed by atoms with Gasteiger partial charge in [-0.1, -0.05) is 25.1 Å². The minimum absolute atomic E-state index is 0.0364. The molecule has 3 atom stereocenters. The van der Waals surface area contributed by atoms with Gasteiger partial charge in [-0.3, -0.25) is 9.59 Å². The van der Waals surface area contributed by atoms with Gasteiger partial charge in [-0.2, -0.15) is 0 Å². The van der Waals surface area contributed by atoms with Crippen LogP contribution in [0.2, 0.25) is 0 Å². The van der Waals surface area contributed by atoms with Crippen LogP contribution in [0.3, 0.4) is 0 Å². The van der Waals surface area contributed by atoms with Crippen LogP contribution in [0.1, 0.15) is 49.4 Å². The summed E-state index contributed by atoms with van der Waals surface area (Å²) in [5.74, 6) is -0.0995. The standard InChI is InChI=1S/C19H26N2O3/c1-2-15(17-11-7-13-24-17)20-18(22)16-10-6-12-21(16)19(23)14-8-4-3-5-9-14/h3-5,8-9,15-17H,2,6-7,10-13H2,1H3,(H,20,22).